The molecule has 3 heterocycles. The maximum Gasteiger partial charge on any atom is 0.274 e. The lowest BCUT2D eigenvalue weighted by Crippen LogP contribution is -2.59. The fourth-order valence-corrected chi connectivity index (χ4v) is 5.07. The number of nitrogens with one attached hydrogen (secondary N) is 2. The van der Waals surface area contributed by atoms with Crippen molar-refractivity contribution in [2.75, 3.05) is 26.7 Å². The van der Waals surface area contributed by atoms with Crippen LogP contribution in [0.4, 0.5) is 4.39 Å². The number of carbonyl (C=O) groups is 3. The van der Waals surface area contributed by atoms with Crippen LogP contribution in [0.1, 0.15) is 56.6 Å². The van der Waals surface area contributed by atoms with E-state index in [1.54, 1.807) is 60.1 Å². The van der Waals surface area contributed by atoms with Gasteiger partial charge in [0.05, 0.1) is 6.04 Å². The third kappa shape index (κ3) is 7.27. The number of fused-ring (bicyclic) bond motifs is 1. The molecule has 1 aliphatic rings. The maximum absolute atomic E-state index is 13.9. The Morgan fingerprint density at radius 2 is 1.93 bits per heavy atom. The van der Waals surface area contributed by atoms with Gasteiger partial charge in [-0.2, -0.15) is 0 Å². The van der Waals surface area contributed by atoms with E-state index in [0.29, 0.717) is 31.8 Å². The Bertz CT molecular complexity index is 1340. The smallest absolute Gasteiger partial charge is 0.274 e. The number of rotatable bonds is 10. The molecule has 2 N–H and O–H groups in total. The van der Waals surface area contributed by atoms with E-state index in [-0.39, 0.29) is 35.3 Å². The van der Waals surface area contributed by atoms with Crippen LogP contribution in [0.25, 0.3) is 5.78 Å². The zero-order valence-corrected chi connectivity index (χ0v) is 24.4. The summed E-state index contributed by atoms with van der Waals surface area (Å²) < 4.78 is 15.2. The van der Waals surface area contributed by atoms with Crippen molar-refractivity contribution in [3.8, 4) is 0 Å². The van der Waals surface area contributed by atoms with Gasteiger partial charge in [0.2, 0.25) is 17.6 Å². The van der Waals surface area contributed by atoms with Crippen molar-refractivity contribution in [1.29, 1.82) is 0 Å². The standard InChI is InChI=1S/C30H40FN7O3/c1-20(32-5)26(39)35-25(30(2,3)4)28(41)38-16-6-8-23(38)18-36(17-13-21-9-11-22(31)12-10-21)27(40)24-19-37-15-7-14-33-29(37)34-24/h7,9-12,14-15,19-20,23,25,32H,6,8,13,16-18H2,1-5H3,(H,35,39)/t20-,23-,25+/m0/s1. The maximum atomic E-state index is 13.9. The number of hydrogen-bond donors (Lipinski definition) is 2. The van der Waals surface area contributed by atoms with E-state index in [1.165, 1.54) is 12.1 Å². The van der Waals surface area contributed by atoms with Gasteiger partial charge in [0.25, 0.3) is 5.91 Å². The van der Waals surface area contributed by atoms with E-state index in [0.717, 1.165) is 18.4 Å². The number of amides is 3. The van der Waals surface area contributed by atoms with Crippen molar-refractivity contribution in [1.82, 2.24) is 34.8 Å². The number of halogens is 1. The lowest BCUT2D eigenvalue weighted by atomic mass is 9.85. The molecule has 0 unspecified atom stereocenters. The average Bonchev–Trinajstić information content (AvgIpc) is 3.60. The van der Waals surface area contributed by atoms with Crippen molar-refractivity contribution in [2.45, 2.75) is 65.1 Å². The molecule has 11 heteroatoms. The highest BCUT2D eigenvalue weighted by molar-refractivity contribution is 5.93. The fourth-order valence-electron chi connectivity index (χ4n) is 5.07. The molecule has 3 amide bonds. The van der Waals surface area contributed by atoms with E-state index in [1.807, 2.05) is 25.7 Å². The Labute approximate surface area is 240 Å². The van der Waals surface area contributed by atoms with Crippen LogP contribution >= 0.6 is 0 Å². The Hall–Kier alpha value is -3.86. The van der Waals surface area contributed by atoms with Crippen LogP contribution in [0, 0.1) is 11.2 Å². The first-order valence-corrected chi connectivity index (χ1v) is 14.1. The molecular formula is C30H40FN7O3. The molecular weight excluding hydrogens is 525 g/mol. The van der Waals surface area contributed by atoms with Gasteiger partial charge in [-0.05, 0) is 62.4 Å². The Kier molecular flexibility index (Phi) is 9.37. The Morgan fingerprint density at radius 3 is 2.59 bits per heavy atom. The molecule has 0 saturated carbocycles. The number of hydrogen-bond acceptors (Lipinski definition) is 6. The van der Waals surface area contributed by atoms with E-state index >= 15 is 0 Å². The van der Waals surface area contributed by atoms with E-state index in [2.05, 4.69) is 20.6 Å². The van der Waals surface area contributed by atoms with Gasteiger partial charge in [-0.25, -0.2) is 14.4 Å². The van der Waals surface area contributed by atoms with Crippen LogP contribution in [0.3, 0.4) is 0 Å². The number of benzene rings is 1. The first kappa shape index (κ1) is 30.1. The Morgan fingerprint density at radius 1 is 1.20 bits per heavy atom. The molecule has 1 fully saturated rings. The lowest BCUT2D eigenvalue weighted by Gasteiger charge is -2.37. The minimum Gasteiger partial charge on any atom is -0.342 e. The fraction of sp³-hybridized carbons (Fsp3) is 0.500. The second-order valence-electron chi connectivity index (χ2n) is 11.7. The van der Waals surface area contributed by atoms with Crippen LogP contribution < -0.4 is 10.6 Å². The second kappa shape index (κ2) is 12.8. The minimum absolute atomic E-state index is 0.153. The third-order valence-electron chi connectivity index (χ3n) is 7.64. The van der Waals surface area contributed by atoms with E-state index in [4.69, 9.17) is 0 Å². The van der Waals surface area contributed by atoms with Crippen LogP contribution in [-0.2, 0) is 16.0 Å². The number of nitrogens with zero attached hydrogens (tertiary/aromatic N) is 5. The van der Waals surface area contributed by atoms with Crippen LogP contribution in [0.2, 0.25) is 0 Å². The lowest BCUT2D eigenvalue weighted by molar-refractivity contribution is -0.140. The summed E-state index contributed by atoms with van der Waals surface area (Å²) >= 11 is 0. The minimum atomic E-state index is -0.723. The van der Waals surface area contributed by atoms with Gasteiger partial charge in [-0.15, -0.1) is 0 Å². The molecule has 220 valence electrons. The summed E-state index contributed by atoms with van der Waals surface area (Å²) in [5, 5.41) is 5.87. The average molecular weight is 566 g/mol. The number of imidazole rings is 1. The largest absolute Gasteiger partial charge is 0.342 e. The van der Waals surface area contributed by atoms with Crippen molar-refractivity contribution < 1.29 is 18.8 Å². The van der Waals surface area contributed by atoms with Crippen molar-refractivity contribution in [2.24, 2.45) is 5.41 Å². The molecule has 1 aliphatic heterocycles. The predicted molar refractivity (Wildman–Crippen MR) is 154 cm³/mol. The van der Waals surface area contributed by atoms with Gasteiger partial charge in [0, 0.05) is 44.3 Å². The summed E-state index contributed by atoms with van der Waals surface area (Å²) in [7, 11) is 1.70. The highest BCUT2D eigenvalue weighted by Crippen LogP contribution is 2.27. The van der Waals surface area contributed by atoms with Gasteiger partial charge in [0.1, 0.15) is 17.6 Å². The van der Waals surface area contributed by atoms with E-state index < -0.39 is 17.5 Å². The van der Waals surface area contributed by atoms with Crippen LogP contribution in [0.5, 0.6) is 0 Å². The molecule has 3 aromatic rings. The highest BCUT2D eigenvalue weighted by atomic mass is 19.1. The molecule has 0 bridgehead atoms. The van der Waals surface area contributed by atoms with Crippen LogP contribution in [0.15, 0.2) is 48.9 Å². The summed E-state index contributed by atoms with van der Waals surface area (Å²) in [6.07, 6.45) is 7.10. The summed E-state index contributed by atoms with van der Waals surface area (Å²) in [5.41, 5.74) is 0.642. The monoisotopic (exact) mass is 565 g/mol. The van der Waals surface area contributed by atoms with Crippen molar-refractivity contribution in [3.05, 3.63) is 66.0 Å². The molecule has 1 aromatic carbocycles. The number of carbonyl (C=O) groups excluding carboxylic acids is 3. The summed E-state index contributed by atoms with van der Waals surface area (Å²) in [6, 6.07) is 6.60. The van der Waals surface area contributed by atoms with Crippen LogP contribution in [-0.4, -0.2) is 86.7 Å². The number of likely N-dealkylation sites (tertiary alicyclic amines) is 1. The zero-order valence-electron chi connectivity index (χ0n) is 24.4. The summed E-state index contributed by atoms with van der Waals surface area (Å²) in [6.45, 7) is 8.76. The van der Waals surface area contributed by atoms with Gasteiger partial charge >= 0.3 is 0 Å². The van der Waals surface area contributed by atoms with Crippen molar-refractivity contribution in [3.63, 3.8) is 0 Å². The molecule has 10 nitrogen and oxygen atoms in total. The van der Waals surface area contributed by atoms with Gasteiger partial charge in [-0.1, -0.05) is 32.9 Å². The number of likely N-dealkylation sites (N-methyl/N-ethyl adjacent to an activating group) is 1. The zero-order chi connectivity index (χ0) is 29.7. The number of aromatic nitrogens is 3. The molecule has 41 heavy (non-hydrogen) atoms. The molecule has 0 radical (unpaired) electrons. The highest BCUT2D eigenvalue weighted by Gasteiger charge is 2.41. The van der Waals surface area contributed by atoms with Gasteiger partial charge in [0.15, 0.2) is 0 Å². The van der Waals surface area contributed by atoms with Gasteiger partial charge in [-0.3, -0.25) is 18.8 Å². The predicted octanol–water partition coefficient (Wildman–Crippen LogP) is 2.68. The molecule has 4 rings (SSSR count). The van der Waals surface area contributed by atoms with Gasteiger partial charge < -0.3 is 20.4 Å². The Balaban J connectivity index is 1.57. The summed E-state index contributed by atoms with van der Waals surface area (Å²) in [5.74, 6) is -0.553. The first-order chi connectivity index (χ1) is 19.5. The summed E-state index contributed by atoms with van der Waals surface area (Å²) in [4.78, 5) is 52.6. The molecule has 0 spiro atoms. The SMILES string of the molecule is CN[C@@H](C)C(=O)N[C@H](C(=O)N1CCC[C@H]1CN(CCc1ccc(F)cc1)C(=O)c1cn2cccnc2n1)C(C)(C)C. The second-order valence-corrected chi connectivity index (χ2v) is 11.7. The third-order valence-corrected chi connectivity index (χ3v) is 7.64. The molecule has 2 aromatic heterocycles. The molecule has 1 saturated heterocycles. The molecule has 3 atom stereocenters. The first-order valence-electron chi connectivity index (χ1n) is 14.1. The normalized spacial score (nSPS) is 16.9. The van der Waals surface area contributed by atoms with Crippen molar-refractivity contribution >= 4 is 23.5 Å². The van der Waals surface area contributed by atoms with E-state index in [9.17, 15) is 18.8 Å². The topological polar surface area (TPSA) is 112 Å². The quantitative estimate of drug-likeness (QED) is 0.391. The molecule has 0 aliphatic carbocycles.